The molecule has 3 aromatic carbocycles. The fourth-order valence-corrected chi connectivity index (χ4v) is 5.09. The van der Waals surface area contributed by atoms with Crippen molar-refractivity contribution in [1.82, 2.24) is 9.66 Å². The Kier molecular flexibility index (Phi) is 7.71. The summed E-state index contributed by atoms with van der Waals surface area (Å²) in [5.41, 5.74) is 1.47. The molecule has 39 heavy (non-hydrogen) atoms. The van der Waals surface area contributed by atoms with Crippen LogP contribution in [0.4, 0.5) is 0 Å². The molecule has 0 unspecified atom stereocenters. The van der Waals surface area contributed by atoms with Crippen LogP contribution in [0.15, 0.2) is 79.4 Å². The first-order valence-electron chi connectivity index (χ1n) is 11.7. The van der Waals surface area contributed by atoms with Crippen LogP contribution in [0.25, 0.3) is 33.5 Å². The van der Waals surface area contributed by atoms with Crippen molar-refractivity contribution in [3.05, 3.63) is 84.6 Å². The maximum Gasteiger partial charge on any atom is 0.346 e. The van der Waals surface area contributed by atoms with Crippen LogP contribution in [0.5, 0.6) is 11.5 Å². The number of rotatable bonds is 7. The van der Waals surface area contributed by atoms with E-state index in [1.54, 1.807) is 37.3 Å². The van der Waals surface area contributed by atoms with Gasteiger partial charge in [-0.2, -0.15) is 9.78 Å². The molecule has 0 saturated heterocycles. The minimum absolute atomic E-state index is 0.260. The minimum atomic E-state index is -0.828. The molecule has 198 valence electrons. The highest BCUT2D eigenvalue weighted by Gasteiger charge is 2.20. The Labute approximate surface area is 244 Å². The van der Waals surface area contributed by atoms with Crippen molar-refractivity contribution in [2.75, 3.05) is 14.2 Å². The number of carbonyl (C=O) groups is 1. The number of fused-ring (bicyclic) bond motifs is 2. The molecule has 0 aliphatic carbocycles. The van der Waals surface area contributed by atoms with Crippen molar-refractivity contribution in [3.63, 3.8) is 0 Å². The quantitative estimate of drug-likeness (QED) is 0.116. The number of carbonyl (C=O) groups excluding carboxylic acids is 1. The molecule has 0 radical (unpaired) electrons. The Bertz CT molecular complexity index is 1810. The topological polar surface area (TPSA) is 105 Å². The van der Waals surface area contributed by atoms with Crippen molar-refractivity contribution >= 4 is 72.6 Å². The molecule has 11 heteroatoms. The molecule has 0 saturated carbocycles. The number of aromatic nitrogens is 2. The molecule has 0 aliphatic rings. The third-order valence-corrected chi connectivity index (χ3v) is 7.15. The van der Waals surface area contributed by atoms with E-state index in [-0.39, 0.29) is 11.4 Å². The van der Waals surface area contributed by atoms with Gasteiger partial charge in [-0.05, 0) is 83.6 Å². The summed E-state index contributed by atoms with van der Waals surface area (Å²) >= 11 is 5.56. The van der Waals surface area contributed by atoms with E-state index in [0.717, 1.165) is 9.86 Å². The summed E-state index contributed by atoms with van der Waals surface area (Å²) in [6, 6.07) is 18.0. The second-order valence-electron chi connectivity index (χ2n) is 8.42. The zero-order valence-electron chi connectivity index (χ0n) is 21.0. The van der Waals surface area contributed by atoms with E-state index in [4.69, 9.17) is 23.6 Å². The lowest BCUT2D eigenvalue weighted by Crippen LogP contribution is -2.25. The third-order valence-electron chi connectivity index (χ3n) is 5.85. The number of hydrogen-bond donors (Lipinski definition) is 0. The molecule has 0 spiro atoms. The number of benzene rings is 3. The number of hydrogen-bond acceptors (Lipinski definition) is 8. The molecule has 0 bridgehead atoms. The smallest absolute Gasteiger partial charge is 0.346 e. The Morgan fingerprint density at radius 2 is 1.95 bits per heavy atom. The first-order valence-corrected chi connectivity index (χ1v) is 13.5. The molecule has 0 amide bonds. The van der Waals surface area contributed by atoms with Gasteiger partial charge in [0.15, 0.2) is 23.4 Å². The zero-order chi connectivity index (χ0) is 27.7. The standard InChI is InChI=1S/C28H21BrIN3O6/c1-15(28(35)37-3)38-25-20(30)10-16(11-23(25)36-2)14-31-33-26(32-21-7-5-4-6-19(21)27(33)34)24-13-17-12-18(29)8-9-22(17)39-24/h4-15H,1-3H3/t15-/m0/s1. The Hall–Kier alpha value is -3.71. The molecule has 2 aromatic heterocycles. The second kappa shape index (κ2) is 11.2. The lowest BCUT2D eigenvalue weighted by molar-refractivity contribution is -0.147. The number of nitrogens with zero attached hydrogens (tertiary/aromatic N) is 3. The van der Waals surface area contributed by atoms with E-state index in [1.807, 2.05) is 30.3 Å². The number of methoxy groups -OCH3 is 2. The summed E-state index contributed by atoms with van der Waals surface area (Å²) < 4.78 is 24.9. The normalized spacial score (nSPS) is 12.2. The van der Waals surface area contributed by atoms with Crippen molar-refractivity contribution in [2.45, 2.75) is 13.0 Å². The monoisotopic (exact) mass is 701 g/mol. The summed E-state index contributed by atoms with van der Waals surface area (Å²) in [6.45, 7) is 1.59. The average Bonchev–Trinajstić information content (AvgIpc) is 3.36. The molecule has 1 atom stereocenters. The van der Waals surface area contributed by atoms with Crippen LogP contribution in [0, 0.1) is 3.57 Å². The molecule has 2 heterocycles. The lowest BCUT2D eigenvalue weighted by atomic mass is 10.2. The van der Waals surface area contributed by atoms with Gasteiger partial charge in [0, 0.05) is 9.86 Å². The summed E-state index contributed by atoms with van der Waals surface area (Å²) in [6.07, 6.45) is 0.699. The molecule has 5 rings (SSSR count). The van der Waals surface area contributed by atoms with Gasteiger partial charge in [-0.15, -0.1) is 0 Å². The predicted octanol–water partition coefficient (Wildman–Crippen LogP) is 6.01. The number of furan rings is 1. The van der Waals surface area contributed by atoms with Gasteiger partial charge in [0.1, 0.15) is 5.58 Å². The number of ether oxygens (including phenoxy) is 3. The van der Waals surface area contributed by atoms with Crippen molar-refractivity contribution in [3.8, 4) is 23.1 Å². The summed E-state index contributed by atoms with van der Waals surface area (Å²) in [5, 5.41) is 5.79. The van der Waals surface area contributed by atoms with Gasteiger partial charge in [-0.25, -0.2) is 9.78 Å². The van der Waals surface area contributed by atoms with Gasteiger partial charge in [0.25, 0.3) is 5.56 Å². The van der Waals surface area contributed by atoms with Crippen LogP contribution < -0.4 is 15.0 Å². The van der Waals surface area contributed by atoms with Crippen molar-refractivity contribution in [2.24, 2.45) is 5.10 Å². The van der Waals surface area contributed by atoms with E-state index in [1.165, 1.54) is 25.1 Å². The fourth-order valence-electron chi connectivity index (χ4n) is 3.96. The SMILES string of the molecule is COC(=O)[C@H](C)Oc1c(I)cc(C=Nn2c(-c3cc4cc(Br)ccc4o3)nc3ccccc3c2=O)cc1OC. The fraction of sp³-hybridized carbons (Fsp3) is 0.143. The van der Waals surface area contributed by atoms with Gasteiger partial charge >= 0.3 is 5.97 Å². The highest BCUT2D eigenvalue weighted by molar-refractivity contribution is 14.1. The van der Waals surface area contributed by atoms with E-state index < -0.39 is 12.1 Å². The highest BCUT2D eigenvalue weighted by atomic mass is 127. The molecular weight excluding hydrogens is 681 g/mol. The Morgan fingerprint density at radius 1 is 1.15 bits per heavy atom. The molecule has 9 nitrogen and oxygen atoms in total. The van der Waals surface area contributed by atoms with Gasteiger partial charge in [0.05, 0.1) is 34.9 Å². The average molecular weight is 702 g/mol. The molecule has 0 N–H and O–H groups in total. The predicted molar refractivity (Wildman–Crippen MR) is 160 cm³/mol. The third kappa shape index (κ3) is 5.41. The summed E-state index contributed by atoms with van der Waals surface area (Å²) in [5.74, 6) is 0.941. The summed E-state index contributed by atoms with van der Waals surface area (Å²) in [4.78, 5) is 30.1. The van der Waals surface area contributed by atoms with Crippen LogP contribution in [-0.2, 0) is 9.53 Å². The Balaban J connectivity index is 1.61. The summed E-state index contributed by atoms with van der Waals surface area (Å²) in [7, 11) is 2.80. The van der Waals surface area contributed by atoms with Gasteiger partial charge in [0.2, 0.25) is 5.82 Å². The van der Waals surface area contributed by atoms with Crippen LogP contribution in [-0.4, -0.2) is 42.2 Å². The number of para-hydroxylation sites is 1. The van der Waals surface area contributed by atoms with Crippen molar-refractivity contribution in [1.29, 1.82) is 0 Å². The van der Waals surface area contributed by atoms with Crippen LogP contribution in [0.1, 0.15) is 12.5 Å². The van der Waals surface area contributed by atoms with E-state index in [2.05, 4.69) is 43.6 Å². The molecular formula is C28H21BrIN3O6. The van der Waals surface area contributed by atoms with Crippen LogP contribution in [0.3, 0.4) is 0 Å². The van der Waals surface area contributed by atoms with Crippen LogP contribution in [0.2, 0.25) is 0 Å². The number of esters is 1. The first kappa shape index (κ1) is 26.9. The van der Waals surface area contributed by atoms with E-state index in [0.29, 0.717) is 42.9 Å². The van der Waals surface area contributed by atoms with E-state index in [9.17, 15) is 9.59 Å². The number of halogens is 2. The van der Waals surface area contributed by atoms with Crippen molar-refractivity contribution < 1.29 is 23.4 Å². The lowest BCUT2D eigenvalue weighted by Gasteiger charge is -2.17. The van der Waals surface area contributed by atoms with E-state index >= 15 is 0 Å². The Morgan fingerprint density at radius 3 is 2.72 bits per heavy atom. The molecule has 0 fully saturated rings. The maximum atomic E-state index is 13.5. The molecule has 5 aromatic rings. The zero-order valence-corrected chi connectivity index (χ0v) is 24.7. The highest BCUT2D eigenvalue weighted by Crippen LogP contribution is 2.35. The second-order valence-corrected chi connectivity index (χ2v) is 10.5. The van der Waals surface area contributed by atoms with Crippen LogP contribution >= 0.6 is 38.5 Å². The maximum absolute atomic E-state index is 13.5. The first-order chi connectivity index (χ1) is 18.8. The van der Waals surface area contributed by atoms with Gasteiger partial charge in [-0.1, -0.05) is 28.1 Å². The molecule has 0 aliphatic heterocycles. The van der Waals surface area contributed by atoms with Gasteiger partial charge in [-0.3, -0.25) is 4.79 Å². The minimum Gasteiger partial charge on any atom is -0.493 e. The largest absolute Gasteiger partial charge is 0.493 e. The van der Waals surface area contributed by atoms with Gasteiger partial charge < -0.3 is 18.6 Å².